The summed E-state index contributed by atoms with van der Waals surface area (Å²) in [5, 5.41) is 2.44. The lowest BCUT2D eigenvalue weighted by molar-refractivity contribution is -0.131. The first kappa shape index (κ1) is 16.0. The molecule has 0 atom stereocenters. The molecule has 6 heteroatoms. The topological polar surface area (TPSA) is 84.7 Å². The fourth-order valence-corrected chi connectivity index (χ4v) is 1.51. The minimum atomic E-state index is -0.334. The van der Waals surface area contributed by atoms with E-state index in [-0.39, 0.29) is 24.9 Å². The van der Waals surface area contributed by atoms with Gasteiger partial charge >= 0.3 is 0 Å². The average Bonchev–Trinajstić information content (AvgIpc) is 2.49. The first-order chi connectivity index (χ1) is 9.63. The Labute approximate surface area is 118 Å². The van der Waals surface area contributed by atoms with Crippen LogP contribution < -0.4 is 15.8 Å². The van der Waals surface area contributed by atoms with Crippen molar-refractivity contribution in [2.45, 2.75) is 6.42 Å². The average molecular weight is 279 g/mol. The van der Waals surface area contributed by atoms with Gasteiger partial charge in [-0.25, -0.2) is 0 Å². The Hall–Kier alpha value is -2.08. The van der Waals surface area contributed by atoms with Crippen molar-refractivity contribution in [3.63, 3.8) is 0 Å². The van der Waals surface area contributed by atoms with Crippen LogP contribution in [0.1, 0.15) is 6.42 Å². The molecule has 20 heavy (non-hydrogen) atoms. The van der Waals surface area contributed by atoms with Gasteiger partial charge < -0.3 is 20.7 Å². The quantitative estimate of drug-likeness (QED) is 0.655. The van der Waals surface area contributed by atoms with Crippen LogP contribution in [0.2, 0.25) is 0 Å². The van der Waals surface area contributed by atoms with Gasteiger partial charge in [-0.3, -0.25) is 9.59 Å². The zero-order valence-corrected chi connectivity index (χ0v) is 11.7. The van der Waals surface area contributed by atoms with E-state index < -0.39 is 0 Å². The smallest absolute Gasteiger partial charge is 0.241 e. The van der Waals surface area contributed by atoms with Crippen molar-refractivity contribution in [3.05, 3.63) is 30.3 Å². The predicted octanol–water partition coefficient (Wildman–Crippen LogP) is -0.0112. The molecule has 0 fully saturated rings. The number of carbonyl (C=O) groups excluding carboxylic acids is 2. The van der Waals surface area contributed by atoms with Crippen LogP contribution in [0.3, 0.4) is 0 Å². The fourth-order valence-electron chi connectivity index (χ4n) is 1.51. The van der Waals surface area contributed by atoms with Gasteiger partial charge in [0.2, 0.25) is 11.8 Å². The third-order valence-electron chi connectivity index (χ3n) is 2.70. The number of nitrogens with one attached hydrogen (secondary N) is 1. The van der Waals surface area contributed by atoms with Gasteiger partial charge in [0.1, 0.15) is 5.75 Å². The first-order valence-electron chi connectivity index (χ1n) is 6.52. The van der Waals surface area contributed by atoms with E-state index >= 15 is 0 Å². The summed E-state index contributed by atoms with van der Waals surface area (Å²) in [6, 6.07) is 9.51. The van der Waals surface area contributed by atoms with Gasteiger partial charge in [0.15, 0.2) is 0 Å². The second-order valence-corrected chi connectivity index (χ2v) is 4.31. The summed E-state index contributed by atoms with van der Waals surface area (Å²) >= 11 is 0. The summed E-state index contributed by atoms with van der Waals surface area (Å²) in [5.74, 6) is 0.336. The molecule has 0 unspecified atom stereocenters. The number of benzene rings is 1. The number of para-hydroxylation sites is 1. The maximum absolute atomic E-state index is 11.7. The fraction of sp³-hybridized carbons (Fsp3) is 0.429. The molecular weight excluding hydrogens is 258 g/mol. The number of amides is 2. The Kier molecular flexibility index (Phi) is 7.13. The molecule has 0 spiro atoms. The Morgan fingerprint density at radius 3 is 2.65 bits per heavy atom. The van der Waals surface area contributed by atoms with Crippen LogP contribution >= 0.6 is 0 Å². The minimum absolute atomic E-state index is 0.0218. The molecule has 0 saturated carbocycles. The maximum atomic E-state index is 11.7. The normalized spacial score (nSPS) is 9.90. The lowest BCUT2D eigenvalue weighted by atomic mass is 10.3. The zero-order valence-electron chi connectivity index (χ0n) is 11.7. The molecule has 6 nitrogen and oxygen atoms in total. The highest BCUT2D eigenvalue weighted by Gasteiger charge is 2.09. The van der Waals surface area contributed by atoms with E-state index in [1.165, 1.54) is 0 Å². The second-order valence-electron chi connectivity index (χ2n) is 4.31. The highest BCUT2D eigenvalue weighted by Crippen LogP contribution is 2.08. The Balaban J connectivity index is 2.14. The van der Waals surface area contributed by atoms with Crippen molar-refractivity contribution in [3.8, 4) is 5.75 Å². The molecule has 110 valence electrons. The van der Waals surface area contributed by atoms with E-state index in [1.807, 2.05) is 30.3 Å². The molecule has 3 N–H and O–H groups in total. The minimum Gasteiger partial charge on any atom is -0.494 e. The third-order valence-corrected chi connectivity index (χ3v) is 2.70. The third kappa shape index (κ3) is 6.19. The molecule has 0 bridgehead atoms. The van der Waals surface area contributed by atoms with Gasteiger partial charge in [-0.2, -0.15) is 0 Å². The second kappa shape index (κ2) is 8.92. The molecule has 0 aliphatic heterocycles. The molecule has 2 amide bonds. The number of nitrogens with zero attached hydrogens (tertiary/aromatic N) is 1. The van der Waals surface area contributed by atoms with Crippen molar-refractivity contribution in [2.24, 2.45) is 5.73 Å². The van der Waals surface area contributed by atoms with E-state index in [4.69, 9.17) is 10.5 Å². The lowest BCUT2D eigenvalue weighted by Crippen LogP contribution is -2.40. The van der Waals surface area contributed by atoms with E-state index in [0.717, 1.165) is 12.2 Å². The van der Waals surface area contributed by atoms with Crippen molar-refractivity contribution >= 4 is 11.8 Å². The van der Waals surface area contributed by atoms with Gasteiger partial charge in [0.25, 0.3) is 0 Å². The van der Waals surface area contributed by atoms with E-state index in [2.05, 4.69) is 5.32 Å². The molecule has 0 aliphatic rings. The molecule has 1 aromatic carbocycles. The molecule has 1 aromatic rings. The van der Waals surface area contributed by atoms with Crippen LogP contribution in [0.4, 0.5) is 0 Å². The van der Waals surface area contributed by atoms with Crippen LogP contribution in [0.25, 0.3) is 0 Å². The van der Waals surface area contributed by atoms with E-state index in [9.17, 15) is 9.59 Å². The highest BCUT2D eigenvalue weighted by molar-refractivity contribution is 5.85. The number of likely N-dealkylation sites (N-methyl/N-ethyl adjacent to an activating group) is 1. The summed E-state index contributed by atoms with van der Waals surface area (Å²) in [5.41, 5.74) is 5.13. The van der Waals surface area contributed by atoms with Gasteiger partial charge in [-0.15, -0.1) is 0 Å². The van der Waals surface area contributed by atoms with Crippen LogP contribution in [0.5, 0.6) is 5.75 Å². The summed E-state index contributed by atoms with van der Waals surface area (Å²) in [7, 11) is 1.69. The van der Waals surface area contributed by atoms with Crippen molar-refractivity contribution in [1.29, 1.82) is 0 Å². The van der Waals surface area contributed by atoms with Gasteiger partial charge in [-0.05, 0) is 18.6 Å². The number of hydrogen-bond donors (Lipinski definition) is 2. The summed E-state index contributed by atoms with van der Waals surface area (Å²) in [4.78, 5) is 24.1. The summed E-state index contributed by atoms with van der Waals surface area (Å²) in [6.45, 7) is 0.981. The molecule has 0 saturated heterocycles. The zero-order chi connectivity index (χ0) is 14.8. The number of hydrogen-bond acceptors (Lipinski definition) is 4. The van der Waals surface area contributed by atoms with Gasteiger partial charge in [0.05, 0.1) is 19.7 Å². The lowest BCUT2D eigenvalue weighted by Gasteiger charge is -2.17. The molecule has 0 aromatic heterocycles. The molecule has 0 radical (unpaired) electrons. The van der Waals surface area contributed by atoms with E-state index in [1.54, 1.807) is 11.9 Å². The van der Waals surface area contributed by atoms with Crippen molar-refractivity contribution in [2.75, 3.05) is 33.3 Å². The summed E-state index contributed by atoms with van der Waals surface area (Å²) in [6.07, 6.45) is 0.724. The summed E-state index contributed by atoms with van der Waals surface area (Å²) < 4.78 is 5.53. The Morgan fingerprint density at radius 1 is 1.30 bits per heavy atom. The van der Waals surface area contributed by atoms with Crippen LogP contribution in [-0.2, 0) is 9.59 Å². The standard InChI is InChI=1S/C14H21N3O3/c1-17(14(19)11-16-13(18)10-15)8-5-9-20-12-6-3-2-4-7-12/h2-4,6-7H,5,8-11,15H2,1H3,(H,16,18). The van der Waals surface area contributed by atoms with Crippen LogP contribution in [0.15, 0.2) is 30.3 Å². The van der Waals surface area contributed by atoms with Gasteiger partial charge in [-0.1, -0.05) is 18.2 Å². The van der Waals surface area contributed by atoms with Crippen molar-refractivity contribution < 1.29 is 14.3 Å². The SMILES string of the molecule is CN(CCCOc1ccccc1)C(=O)CNC(=O)CN. The number of rotatable bonds is 8. The Morgan fingerprint density at radius 2 is 2.00 bits per heavy atom. The number of ether oxygens (including phenoxy) is 1. The van der Waals surface area contributed by atoms with Gasteiger partial charge in [0, 0.05) is 13.6 Å². The molecule has 0 aliphatic carbocycles. The predicted molar refractivity (Wildman–Crippen MR) is 76.3 cm³/mol. The maximum Gasteiger partial charge on any atom is 0.241 e. The Bertz CT molecular complexity index is 423. The number of carbonyl (C=O) groups is 2. The number of nitrogens with two attached hydrogens (primary N) is 1. The van der Waals surface area contributed by atoms with Crippen LogP contribution in [0, 0.1) is 0 Å². The van der Waals surface area contributed by atoms with E-state index in [0.29, 0.717) is 13.2 Å². The monoisotopic (exact) mass is 279 g/mol. The highest BCUT2D eigenvalue weighted by atomic mass is 16.5. The molecule has 1 rings (SSSR count). The largest absolute Gasteiger partial charge is 0.494 e. The molecular formula is C14H21N3O3. The van der Waals surface area contributed by atoms with Crippen molar-refractivity contribution in [1.82, 2.24) is 10.2 Å². The molecule has 0 heterocycles. The first-order valence-corrected chi connectivity index (χ1v) is 6.52. The van der Waals surface area contributed by atoms with Crippen LogP contribution in [-0.4, -0.2) is 50.0 Å².